The molecule has 13 heteroatoms. The molecule has 0 aromatic heterocycles. The molecular weight excluding hydrogens is 619 g/mol. The molecule has 0 spiro atoms. The highest BCUT2D eigenvalue weighted by Gasteiger charge is 2.16. The first kappa shape index (κ1) is 38.6. The van der Waals surface area contributed by atoms with Gasteiger partial charge in [-0.15, -0.1) is 26.3 Å². The Morgan fingerprint density at radius 3 is 0.884 bits per heavy atom. The van der Waals surface area contributed by atoms with Crippen LogP contribution in [0.2, 0.25) is 0 Å². The Hall–Kier alpha value is -4.35. The summed E-state index contributed by atoms with van der Waals surface area (Å²) in [6, 6.07) is 7.86. The molecule has 3 amide bonds. The monoisotopic (exact) mass is 648 g/mol. The van der Waals surface area contributed by atoms with E-state index in [2.05, 4.69) is 42.3 Å². The summed E-state index contributed by atoms with van der Waals surface area (Å²) in [6.07, 6.45) is 6.27. The molecule has 0 atom stereocenters. The van der Waals surface area contributed by atoms with E-state index in [9.17, 15) is 28.8 Å². The predicted octanol–water partition coefficient (Wildman–Crippen LogP) is 4.39. The third-order valence-electron chi connectivity index (χ3n) is 4.72. The van der Waals surface area contributed by atoms with Crippen molar-refractivity contribution in [3.8, 4) is 0 Å². The lowest BCUT2D eigenvalue weighted by Crippen LogP contribution is -2.28. The van der Waals surface area contributed by atoms with Gasteiger partial charge in [0.1, 0.15) is 0 Å². The van der Waals surface area contributed by atoms with Gasteiger partial charge in [-0.3, -0.25) is 28.8 Å². The highest BCUT2D eigenvalue weighted by Crippen LogP contribution is 2.16. The Bertz CT molecular complexity index is 1210. The lowest BCUT2D eigenvalue weighted by atomic mass is 10.0. The Morgan fingerprint density at radius 1 is 0.512 bits per heavy atom. The number of nitrogens with one attached hydrogen (secondary N) is 3. The van der Waals surface area contributed by atoms with Gasteiger partial charge in [0.05, 0.1) is 0 Å². The van der Waals surface area contributed by atoms with Crippen molar-refractivity contribution in [1.82, 2.24) is 16.0 Å². The molecule has 43 heavy (non-hydrogen) atoms. The summed E-state index contributed by atoms with van der Waals surface area (Å²) in [7, 11) is 0. The van der Waals surface area contributed by atoms with Gasteiger partial charge >= 0.3 is 0 Å². The minimum atomic E-state index is -0.797. The SMILES string of the molecule is C=CCN.C=CCNC(=O)c1cc(C(=O)NCC=C)cc(C(=O)NCC=C)c1.O=C(Cl)c1cc(C(=O)Cl)cc(C(=O)Cl)c1. The van der Waals surface area contributed by atoms with Crippen LogP contribution in [-0.4, -0.2) is 59.6 Å². The second kappa shape index (κ2) is 21.4. The maximum Gasteiger partial charge on any atom is 0.252 e. The quantitative estimate of drug-likeness (QED) is 0.185. The topological polar surface area (TPSA) is 165 Å². The standard InChI is InChI=1S/C18H21N3O3.C9H3Cl3O3.C3H7N/c1-4-7-19-16(22)13-10-14(17(23)20-8-5-2)12-15(11-13)18(24)21-9-6-3;10-7(13)4-1-5(8(11)14)3-6(2-4)9(12)15;1-2-3-4/h4-6,10-12H,1-3,7-9H2,(H,19,22)(H,20,23)(H,21,24);1-3H;2H,1,3-4H2. The number of halogens is 3. The van der Waals surface area contributed by atoms with Gasteiger partial charge in [-0.1, -0.05) is 24.3 Å². The second-order valence-electron chi connectivity index (χ2n) is 7.94. The molecule has 2 rings (SSSR count). The maximum atomic E-state index is 12.1. The van der Waals surface area contributed by atoms with Crippen LogP contribution in [0.25, 0.3) is 0 Å². The van der Waals surface area contributed by atoms with E-state index < -0.39 is 33.4 Å². The number of rotatable bonds is 13. The summed E-state index contributed by atoms with van der Waals surface area (Å²) in [6.45, 7) is 15.4. The van der Waals surface area contributed by atoms with Crippen molar-refractivity contribution in [3.63, 3.8) is 0 Å². The molecule has 0 radical (unpaired) electrons. The first-order chi connectivity index (χ1) is 20.4. The average molecular weight is 650 g/mol. The van der Waals surface area contributed by atoms with Crippen LogP contribution in [0.1, 0.15) is 62.1 Å². The van der Waals surface area contributed by atoms with E-state index in [-0.39, 0.29) is 53.0 Å². The normalized spacial score (nSPS) is 9.30. The second-order valence-corrected chi connectivity index (χ2v) is 8.97. The van der Waals surface area contributed by atoms with Gasteiger partial charge in [-0.25, -0.2) is 0 Å². The van der Waals surface area contributed by atoms with Gasteiger partial charge in [0.2, 0.25) is 0 Å². The summed E-state index contributed by atoms with van der Waals surface area (Å²) >= 11 is 15.6. The van der Waals surface area contributed by atoms with Crippen LogP contribution in [0.4, 0.5) is 0 Å². The van der Waals surface area contributed by atoms with Gasteiger partial charge in [-0.05, 0) is 71.2 Å². The molecule has 0 bridgehead atoms. The molecule has 2 aromatic carbocycles. The summed E-state index contributed by atoms with van der Waals surface area (Å²) in [5, 5.41) is 5.45. The van der Waals surface area contributed by atoms with E-state index >= 15 is 0 Å². The lowest BCUT2D eigenvalue weighted by Gasteiger charge is -2.10. The fourth-order valence-corrected chi connectivity index (χ4v) is 3.12. The zero-order chi connectivity index (χ0) is 32.9. The fraction of sp³-hybridized carbons (Fsp3) is 0.133. The zero-order valence-electron chi connectivity index (χ0n) is 23.1. The molecule has 0 unspecified atom stereocenters. The molecule has 0 saturated carbocycles. The van der Waals surface area contributed by atoms with Crippen molar-refractivity contribution in [2.45, 2.75) is 0 Å². The number of carbonyl (C=O) groups excluding carboxylic acids is 6. The third kappa shape index (κ3) is 14.9. The van der Waals surface area contributed by atoms with Crippen molar-refractivity contribution in [3.05, 3.63) is 120 Å². The number of nitrogens with two attached hydrogens (primary N) is 1. The van der Waals surface area contributed by atoms with Crippen LogP contribution in [0.5, 0.6) is 0 Å². The van der Waals surface area contributed by atoms with Crippen molar-refractivity contribution in [2.24, 2.45) is 5.73 Å². The van der Waals surface area contributed by atoms with Crippen LogP contribution < -0.4 is 21.7 Å². The Kier molecular flexibility index (Phi) is 19.2. The highest BCUT2D eigenvalue weighted by atomic mass is 35.5. The van der Waals surface area contributed by atoms with Crippen molar-refractivity contribution < 1.29 is 28.8 Å². The minimum Gasteiger partial charge on any atom is -0.349 e. The molecule has 0 aliphatic heterocycles. The van der Waals surface area contributed by atoms with Gasteiger partial charge < -0.3 is 21.7 Å². The third-order valence-corrected chi connectivity index (χ3v) is 5.38. The number of carbonyl (C=O) groups is 6. The summed E-state index contributed by atoms with van der Waals surface area (Å²) in [5.74, 6) is -1.19. The Morgan fingerprint density at radius 2 is 0.721 bits per heavy atom. The van der Waals surface area contributed by atoms with E-state index in [0.29, 0.717) is 6.54 Å². The molecule has 0 aliphatic rings. The molecule has 2 aromatic rings. The molecule has 0 aliphatic carbocycles. The van der Waals surface area contributed by atoms with E-state index in [0.717, 1.165) is 0 Å². The molecule has 0 heterocycles. The fourth-order valence-electron chi connectivity index (χ4n) is 2.79. The molecule has 5 N–H and O–H groups in total. The molecule has 0 saturated heterocycles. The molecule has 228 valence electrons. The van der Waals surface area contributed by atoms with Crippen molar-refractivity contribution in [1.29, 1.82) is 0 Å². The Labute approximate surface area is 264 Å². The van der Waals surface area contributed by atoms with Crippen LogP contribution in [0.3, 0.4) is 0 Å². The molecule has 10 nitrogen and oxygen atoms in total. The van der Waals surface area contributed by atoms with Crippen molar-refractivity contribution >= 4 is 68.3 Å². The van der Waals surface area contributed by atoms with Crippen LogP contribution in [0, 0.1) is 0 Å². The van der Waals surface area contributed by atoms with Crippen LogP contribution in [0.15, 0.2) is 87.0 Å². The van der Waals surface area contributed by atoms with Gasteiger partial charge in [-0.2, -0.15) is 0 Å². The summed E-state index contributed by atoms with van der Waals surface area (Å²) < 4.78 is 0. The average Bonchev–Trinajstić information content (AvgIpc) is 3.00. The number of hydrogen-bond donors (Lipinski definition) is 4. The van der Waals surface area contributed by atoms with E-state index in [1.165, 1.54) is 54.6 Å². The van der Waals surface area contributed by atoms with Gasteiger partial charge in [0.15, 0.2) is 0 Å². The van der Waals surface area contributed by atoms with E-state index in [1.807, 2.05) is 0 Å². The lowest BCUT2D eigenvalue weighted by molar-refractivity contribution is 0.0955. The first-order valence-electron chi connectivity index (χ1n) is 12.2. The smallest absolute Gasteiger partial charge is 0.252 e. The van der Waals surface area contributed by atoms with Crippen LogP contribution in [-0.2, 0) is 0 Å². The maximum absolute atomic E-state index is 12.1. The predicted molar refractivity (Wildman–Crippen MR) is 170 cm³/mol. The Balaban J connectivity index is 0.000000788. The molecular formula is C30H31Cl3N4O6. The van der Waals surface area contributed by atoms with Crippen LogP contribution >= 0.6 is 34.8 Å². The summed E-state index contributed by atoms with van der Waals surface area (Å²) in [4.78, 5) is 68.9. The molecule has 0 fully saturated rings. The minimum absolute atomic E-state index is 0.00725. The zero-order valence-corrected chi connectivity index (χ0v) is 25.4. The van der Waals surface area contributed by atoms with Crippen molar-refractivity contribution in [2.75, 3.05) is 26.2 Å². The van der Waals surface area contributed by atoms with Gasteiger partial charge in [0.25, 0.3) is 33.4 Å². The number of hydrogen-bond acceptors (Lipinski definition) is 7. The van der Waals surface area contributed by atoms with E-state index in [4.69, 9.17) is 40.5 Å². The summed E-state index contributed by atoms with van der Waals surface area (Å²) in [5.41, 5.74) is 5.53. The first-order valence-corrected chi connectivity index (χ1v) is 13.4. The van der Waals surface area contributed by atoms with Gasteiger partial charge in [0, 0.05) is 59.6 Å². The number of benzene rings is 2. The van der Waals surface area contributed by atoms with E-state index in [1.54, 1.807) is 6.08 Å². The highest BCUT2D eigenvalue weighted by molar-refractivity contribution is 6.70. The largest absolute Gasteiger partial charge is 0.349 e. The number of amides is 3.